The van der Waals surface area contributed by atoms with Crippen molar-refractivity contribution in [1.82, 2.24) is 20.7 Å². The summed E-state index contributed by atoms with van der Waals surface area (Å²) in [5.74, 6) is -2.39. The topological polar surface area (TPSA) is 112 Å². The highest BCUT2D eigenvalue weighted by Gasteiger charge is 2.37. The van der Waals surface area contributed by atoms with Gasteiger partial charge in [0.05, 0.1) is 17.1 Å². The quantitative estimate of drug-likeness (QED) is 0.408. The molecule has 3 unspecified atom stereocenters. The Bertz CT molecular complexity index is 981. The third kappa shape index (κ3) is 7.11. The molecule has 3 atom stereocenters. The minimum absolute atomic E-state index is 0.202. The van der Waals surface area contributed by atoms with Crippen LogP contribution in [0.2, 0.25) is 0 Å². The van der Waals surface area contributed by atoms with Crippen molar-refractivity contribution < 1.29 is 19.5 Å². The number of carboxylic acids is 1. The Hall–Kier alpha value is -2.78. The Labute approximate surface area is 211 Å². The largest absolute Gasteiger partial charge is 0.481 e. The van der Waals surface area contributed by atoms with E-state index in [1.807, 2.05) is 36.6 Å². The minimum atomic E-state index is -0.867. The molecule has 0 bridgehead atoms. The van der Waals surface area contributed by atoms with Crippen LogP contribution in [0.3, 0.4) is 0 Å². The summed E-state index contributed by atoms with van der Waals surface area (Å²) in [6.45, 7) is 2.64. The Morgan fingerprint density at radius 2 is 2.06 bits per heavy atom. The van der Waals surface area contributed by atoms with Gasteiger partial charge in [-0.05, 0) is 44.1 Å². The SMILES string of the molecule is CCCCC(CC(CCc1ccccc1-c1cscn1)C(=O)N1NCCCC1C(=O)NC)C(=O)O. The number of hydrogen-bond acceptors (Lipinski definition) is 6. The first-order valence-electron chi connectivity index (χ1n) is 12.4. The second-order valence-corrected chi connectivity index (χ2v) is 9.79. The van der Waals surface area contributed by atoms with Crippen LogP contribution < -0.4 is 10.7 Å². The highest BCUT2D eigenvalue weighted by molar-refractivity contribution is 7.07. The van der Waals surface area contributed by atoms with E-state index in [1.54, 1.807) is 12.6 Å². The summed E-state index contributed by atoms with van der Waals surface area (Å²) in [4.78, 5) is 42.7. The molecule has 2 aromatic rings. The van der Waals surface area contributed by atoms with E-state index < -0.39 is 23.8 Å². The van der Waals surface area contributed by atoms with Crippen molar-refractivity contribution in [3.63, 3.8) is 0 Å². The molecule has 1 aromatic heterocycles. The first-order valence-corrected chi connectivity index (χ1v) is 13.4. The fourth-order valence-electron chi connectivity index (χ4n) is 4.72. The zero-order chi connectivity index (χ0) is 25.2. The number of thiazole rings is 1. The van der Waals surface area contributed by atoms with Gasteiger partial charge < -0.3 is 10.4 Å². The minimum Gasteiger partial charge on any atom is -0.481 e. The number of carboxylic acid groups (broad SMARTS) is 1. The van der Waals surface area contributed by atoms with Gasteiger partial charge in [-0.3, -0.25) is 19.4 Å². The summed E-state index contributed by atoms with van der Waals surface area (Å²) < 4.78 is 0. The first kappa shape index (κ1) is 26.8. The van der Waals surface area contributed by atoms with E-state index in [0.717, 1.165) is 36.1 Å². The van der Waals surface area contributed by atoms with Crippen molar-refractivity contribution in [3.05, 3.63) is 40.7 Å². The van der Waals surface area contributed by atoms with E-state index in [4.69, 9.17) is 0 Å². The van der Waals surface area contributed by atoms with Gasteiger partial charge in [0.15, 0.2) is 0 Å². The van der Waals surface area contributed by atoms with Crippen molar-refractivity contribution >= 4 is 29.1 Å². The number of aryl methyl sites for hydroxylation is 1. The number of aliphatic carboxylic acids is 1. The summed E-state index contributed by atoms with van der Waals surface area (Å²) in [5.41, 5.74) is 7.91. The van der Waals surface area contributed by atoms with Crippen LogP contribution in [0.4, 0.5) is 0 Å². The second-order valence-electron chi connectivity index (χ2n) is 9.07. The Kier molecular flexibility index (Phi) is 10.2. The molecule has 0 saturated carbocycles. The molecule has 190 valence electrons. The highest BCUT2D eigenvalue weighted by atomic mass is 32.1. The molecule has 3 N–H and O–H groups in total. The Morgan fingerprint density at radius 3 is 2.74 bits per heavy atom. The van der Waals surface area contributed by atoms with Crippen molar-refractivity contribution in [3.8, 4) is 11.3 Å². The fourth-order valence-corrected chi connectivity index (χ4v) is 5.27. The third-order valence-electron chi connectivity index (χ3n) is 6.70. The summed E-state index contributed by atoms with van der Waals surface area (Å²) >= 11 is 1.53. The van der Waals surface area contributed by atoms with Crippen LogP contribution in [0.15, 0.2) is 35.2 Å². The molecule has 9 heteroatoms. The molecule has 2 amide bonds. The zero-order valence-electron chi connectivity index (χ0n) is 20.5. The maximum absolute atomic E-state index is 13.8. The van der Waals surface area contributed by atoms with Gasteiger partial charge in [-0.25, -0.2) is 10.4 Å². The van der Waals surface area contributed by atoms with Crippen LogP contribution in [-0.4, -0.2) is 52.5 Å². The van der Waals surface area contributed by atoms with Crippen LogP contribution in [-0.2, 0) is 20.8 Å². The number of hydrogen-bond donors (Lipinski definition) is 3. The van der Waals surface area contributed by atoms with Gasteiger partial charge in [0.1, 0.15) is 6.04 Å². The predicted molar refractivity (Wildman–Crippen MR) is 137 cm³/mol. The van der Waals surface area contributed by atoms with Crippen LogP contribution >= 0.6 is 11.3 Å². The standard InChI is InChI=1S/C26H36N4O4S/c1-3-4-8-20(26(33)34)15-19(25(32)30-23(24(31)27-2)11-7-14-29-30)13-12-18-9-5-6-10-21(18)22-16-35-17-28-22/h5-6,9-10,16-17,19-20,23,29H,3-4,7-8,11-15H2,1-2H3,(H,27,31)(H,33,34). The van der Waals surface area contributed by atoms with Crippen LogP contribution in [0.25, 0.3) is 11.3 Å². The first-order chi connectivity index (χ1) is 17.0. The van der Waals surface area contributed by atoms with Gasteiger partial charge in [0, 0.05) is 30.5 Å². The number of carbonyl (C=O) groups excluding carboxylic acids is 2. The van der Waals surface area contributed by atoms with E-state index in [2.05, 4.69) is 15.7 Å². The van der Waals surface area contributed by atoms with E-state index in [1.165, 1.54) is 16.3 Å². The number of nitrogens with one attached hydrogen (secondary N) is 2. The van der Waals surface area contributed by atoms with E-state index >= 15 is 0 Å². The normalized spacial score (nSPS) is 17.5. The molecule has 1 aliphatic rings. The maximum atomic E-state index is 13.8. The molecule has 0 spiro atoms. The molecule has 1 saturated heterocycles. The predicted octanol–water partition coefficient (Wildman–Crippen LogP) is 3.88. The number of amides is 2. The number of hydrazine groups is 1. The molecule has 1 aromatic carbocycles. The van der Waals surface area contributed by atoms with Crippen LogP contribution in [0, 0.1) is 11.8 Å². The number of likely N-dealkylation sites (N-methyl/N-ethyl adjacent to an activating group) is 1. The lowest BCUT2D eigenvalue weighted by molar-refractivity contribution is -0.151. The summed E-state index contributed by atoms with van der Waals surface area (Å²) in [5, 5.41) is 16.0. The van der Waals surface area contributed by atoms with Crippen LogP contribution in [0.1, 0.15) is 57.4 Å². The molecular formula is C26H36N4O4S. The summed E-state index contributed by atoms with van der Waals surface area (Å²) in [6.07, 6.45) is 4.97. The Morgan fingerprint density at radius 1 is 1.26 bits per heavy atom. The van der Waals surface area contributed by atoms with Crippen molar-refractivity contribution in [2.24, 2.45) is 11.8 Å². The molecule has 1 aliphatic heterocycles. The number of carbonyl (C=O) groups is 3. The van der Waals surface area contributed by atoms with Crippen molar-refractivity contribution in [1.29, 1.82) is 0 Å². The lowest BCUT2D eigenvalue weighted by Gasteiger charge is -2.37. The van der Waals surface area contributed by atoms with Crippen molar-refractivity contribution in [2.75, 3.05) is 13.6 Å². The number of benzene rings is 1. The Balaban J connectivity index is 1.85. The molecule has 35 heavy (non-hydrogen) atoms. The average molecular weight is 501 g/mol. The van der Waals surface area contributed by atoms with Gasteiger partial charge in [0.2, 0.25) is 11.8 Å². The van der Waals surface area contributed by atoms with Gasteiger partial charge in [-0.1, -0.05) is 44.0 Å². The molecule has 0 radical (unpaired) electrons. The van der Waals surface area contributed by atoms with Gasteiger partial charge >= 0.3 is 5.97 Å². The number of nitrogens with zero attached hydrogens (tertiary/aromatic N) is 2. The average Bonchev–Trinajstić information content (AvgIpc) is 3.42. The number of aromatic nitrogens is 1. The smallest absolute Gasteiger partial charge is 0.306 e. The van der Waals surface area contributed by atoms with E-state index in [9.17, 15) is 19.5 Å². The number of rotatable bonds is 12. The second kappa shape index (κ2) is 13.3. The van der Waals surface area contributed by atoms with E-state index in [-0.39, 0.29) is 18.2 Å². The lowest BCUT2D eigenvalue weighted by Crippen LogP contribution is -2.59. The monoisotopic (exact) mass is 500 g/mol. The molecule has 0 aliphatic carbocycles. The molecular weight excluding hydrogens is 464 g/mol. The fraction of sp³-hybridized carbons (Fsp3) is 0.538. The molecule has 8 nitrogen and oxygen atoms in total. The molecule has 1 fully saturated rings. The molecule has 2 heterocycles. The highest BCUT2D eigenvalue weighted by Crippen LogP contribution is 2.29. The van der Waals surface area contributed by atoms with Gasteiger partial charge in [0.25, 0.3) is 0 Å². The van der Waals surface area contributed by atoms with Gasteiger partial charge in [-0.2, -0.15) is 0 Å². The zero-order valence-corrected chi connectivity index (χ0v) is 21.4. The van der Waals surface area contributed by atoms with Gasteiger partial charge in [-0.15, -0.1) is 11.3 Å². The van der Waals surface area contributed by atoms with E-state index in [0.29, 0.717) is 32.2 Å². The number of unbranched alkanes of at least 4 members (excludes halogenated alkanes) is 1. The third-order valence-corrected chi connectivity index (χ3v) is 7.28. The lowest BCUT2D eigenvalue weighted by atomic mass is 9.85. The van der Waals surface area contributed by atoms with Crippen LogP contribution in [0.5, 0.6) is 0 Å². The van der Waals surface area contributed by atoms with Crippen molar-refractivity contribution in [2.45, 2.75) is 64.3 Å². The summed E-state index contributed by atoms with van der Waals surface area (Å²) in [6, 6.07) is 7.41. The molecule has 3 rings (SSSR count). The summed E-state index contributed by atoms with van der Waals surface area (Å²) in [7, 11) is 1.57. The maximum Gasteiger partial charge on any atom is 0.306 e.